The third-order valence-electron chi connectivity index (χ3n) is 3.75. The van der Waals surface area contributed by atoms with Gasteiger partial charge in [0.2, 0.25) is 5.78 Å². The first-order valence-electron chi connectivity index (χ1n) is 8.01. The summed E-state index contributed by atoms with van der Waals surface area (Å²) in [5.41, 5.74) is 1.40. The van der Waals surface area contributed by atoms with Crippen molar-refractivity contribution in [2.24, 2.45) is 0 Å². The van der Waals surface area contributed by atoms with Crippen molar-refractivity contribution in [1.82, 2.24) is 0 Å². The number of hydrogen-bond donors (Lipinski definition) is 0. The molecule has 0 aliphatic rings. The zero-order valence-electron chi connectivity index (χ0n) is 14.6. The van der Waals surface area contributed by atoms with Gasteiger partial charge in [-0.2, -0.15) is 0 Å². The fourth-order valence-electron chi connectivity index (χ4n) is 2.24. The van der Waals surface area contributed by atoms with Crippen LogP contribution in [0, 0.1) is 24.0 Å². The normalized spacial score (nSPS) is 10.2. The van der Waals surface area contributed by atoms with Gasteiger partial charge < -0.3 is 9.47 Å². The topological polar surface area (TPSA) is 95.7 Å². The molecule has 0 aliphatic carbocycles. The Kier molecular flexibility index (Phi) is 6.43. The number of nitro groups is 1. The number of hydrogen-bond acceptors (Lipinski definition) is 6. The SMILES string of the molecule is Cc1ccccc1OCCC(=O)OCC(=O)c1ccc(C)c([N+](=O)[O-])c1. The molecule has 7 heteroatoms. The van der Waals surface area contributed by atoms with E-state index in [0.717, 1.165) is 5.56 Å². The van der Waals surface area contributed by atoms with Crippen molar-refractivity contribution < 1.29 is 24.0 Å². The van der Waals surface area contributed by atoms with Crippen molar-refractivity contribution in [3.8, 4) is 5.75 Å². The minimum absolute atomic E-state index is 0.00431. The molecule has 0 amide bonds. The third-order valence-corrected chi connectivity index (χ3v) is 3.75. The van der Waals surface area contributed by atoms with Crippen molar-refractivity contribution in [1.29, 1.82) is 0 Å². The Labute approximate surface area is 150 Å². The predicted molar refractivity (Wildman–Crippen MR) is 94.4 cm³/mol. The van der Waals surface area contributed by atoms with Crippen LogP contribution in [0.2, 0.25) is 0 Å². The Morgan fingerprint density at radius 1 is 1.08 bits per heavy atom. The van der Waals surface area contributed by atoms with Crippen LogP contribution in [0.5, 0.6) is 5.75 Å². The van der Waals surface area contributed by atoms with Crippen LogP contribution in [0.25, 0.3) is 0 Å². The largest absolute Gasteiger partial charge is 0.493 e. The summed E-state index contributed by atoms with van der Waals surface area (Å²) < 4.78 is 10.4. The van der Waals surface area contributed by atoms with Crippen molar-refractivity contribution in [2.45, 2.75) is 20.3 Å². The van der Waals surface area contributed by atoms with Crippen LogP contribution in [0.4, 0.5) is 5.69 Å². The van der Waals surface area contributed by atoms with Crippen molar-refractivity contribution >= 4 is 17.4 Å². The molecular weight excluding hydrogens is 338 g/mol. The van der Waals surface area contributed by atoms with Crippen LogP contribution in [-0.4, -0.2) is 29.9 Å². The maximum atomic E-state index is 12.0. The van der Waals surface area contributed by atoms with E-state index in [4.69, 9.17) is 9.47 Å². The number of ether oxygens (including phenoxy) is 2. The maximum Gasteiger partial charge on any atom is 0.309 e. The first-order valence-corrected chi connectivity index (χ1v) is 8.01. The first-order chi connectivity index (χ1) is 12.4. The highest BCUT2D eigenvalue weighted by atomic mass is 16.6. The fourth-order valence-corrected chi connectivity index (χ4v) is 2.24. The number of carbonyl (C=O) groups excluding carboxylic acids is 2. The number of Topliss-reactive ketones (excluding diaryl/α,β-unsaturated/α-hetero) is 1. The number of rotatable bonds is 8. The highest BCUT2D eigenvalue weighted by molar-refractivity contribution is 5.98. The molecule has 26 heavy (non-hydrogen) atoms. The molecule has 0 aromatic heterocycles. The van der Waals surface area contributed by atoms with Gasteiger partial charge in [0.1, 0.15) is 5.75 Å². The van der Waals surface area contributed by atoms with Gasteiger partial charge in [0, 0.05) is 17.2 Å². The number of carbonyl (C=O) groups is 2. The molecule has 0 fully saturated rings. The summed E-state index contributed by atoms with van der Waals surface area (Å²) in [7, 11) is 0. The van der Waals surface area contributed by atoms with Gasteiger partial charge in [-0.1, -0.05) is 30.3 Å². The lowest BCUT2D eigenvalue weighted by atomic mass is 10.1. The molecule has 0 unspecified atom stereocenters. The zero-order chi connectivity index (χ0) is 19.1. The number of nitro benzene ring substituents is 1. The second-order valence-electron chi connectivity index (χ2n) is 5.71. The molecule has 0 bridgehead atoms. The molecule has 2 rings (SSSR count). The van der Waals surface area contributed by atoms with Crippen LogP contribution < -0.4 is 4.74 Å². The molecule has 0 saturated heterocycles. The molecule has 0 heterocycles. The van der Waals surface area contributed by atoms with Crippen molar-refractivity contribution in [2.75, 3.05) is 13.2 Å². The van der Waals surface area contributed by atoms with Gasteiger partial charge in [0.15, 0.2) is 6.61 Å². The predicted octanol–water partition coefficient (Wildman–Crippen LogP) is 3.41. The number of para-hydroxylation sites is 1. The minimum Gasteiger partial charge on any atom is -0.493 e. The van der Waals surface area contributed by atoms with E-state index in [9.17, 15) is 19.7 Å². The van der Waals surface area contributed by atoms with E-state index in [-0.39, 0.29) is 24.3 Å². The molecule has 0 atom stereocenters. The van der Waals surface area contributed by atoms with Gasteiger partial charge >= 0.3 is 5.97 Å². The second-order valence-corrected chi connectivity index (χ2v) is 5.71. The monoisotopic (exact) mass is 357 g/mol. The van der Waals surface area contributed by atoms with Crippen molar-refractivity contribution in [3.05, 3.63) is 69.3 Å². The molecule has 0 aliphatic heterocycles. The number of esters is 1. The molecule has 2 aromatic rings. The maximum absolute atomic E-state index is 12.0. The van der Waals surface area contributed by atoms with Gasteiger partial charge in [-0.25, -0.2) is 0 Å². The number of ketones is 1. The van der Waals surface area contributed by atoms with E-state index < -0.39 is 23.3 Å². The number of aryl methyl sites for hydroxylation is 2. The fraction of sp³-hybridized carbons (Fsp3) is 0.263. The van der Waals surface area contributed by atoms with E-state index in [1.807, 2.05) is 25.1 Å². The average molecular weight is 357 g/mol. The molecule has 0 spiro atoms. The van der Waals surface area contributed by atoms with Gasteiger partial charge in [-0.3, -0.25) is 19.7 Å². The summed E-state index contributed by atoms with van der Waals surface area (Å²) in [6.07, 6.45) is -0.00431. The van der Waals surface area contributed by atoms with Crippen molar-refractivity contribution in [3.63, 3.8) is 0 Å². The van der Waals surface area contributed by atoms with Crippen LogP contribution in [0.3, 0.4) is 0 Å². The summed E-state index contributed by atoms with van der Waals surface area (Å²) in [5.74, 6) is -0.391. The zero-order valence-corrected chi connectivity index (χ0v) is 14.6. The lowest BCUT2D eigenvalue weighted by Gasteiger charge is -2.09. The van der Waals surface area contributed by atoms with E-state index in [1.165, 1.54) is 18.2 Å². The summed E-state index contributed by atoms with van der Waals surface area (Å²) in [6.45, 7) is 3.14. The summed E-state index contributed by atoms with van der Waals surface area (Å²) >= 11 is 0. The summed E-state index contributed by atoms with van der Waals surface area (Å²) in [5, 5.41) is 10.9. The van der Waals surface area contributed by atoms with Crippen LogP contribution in [0.15, 0.2) is 42.5 Å². The number of nitrogens with zero attached hydrogens (tertiary/aromatic N) is 1. The average Bonchev–Trinajstić information content (AvgIpc) is 2.61. The molecule has 136 valence electrons. The molecule has 0 saturated carbocycles. The smallest absolute Gasteiger partial charge is 0.309 e. The summed E-state index contributed by atoms with van der Waals surface area (Å²) in [6, 6.07) is 11.6. The van der Waals surface area contributed by atoms with Gasteiger partial charge in [0.25, 0.3) is 5.69 Å². The molecule has 7 nitrogen and oxygen atoms in total. The lowest BCUT2D eigenvalue weighted by Crippen LogP contribution is -2.16. The molecule has 2 aromatic carbocycles. The van der Waals surface area contributed by atoms with Crippen LogP contribution in [0.1, 0.15) is 27.9 Å². The van der Waals surface area contributed by atoms with Gasteiger partial charge in [-0.15, -0.1) is 0 Å². The highest BCUT2D eigenvalue weighted by Gasteiger charge is 2.16. The van der Waals surface area contributed by atoms with Gasteiger partial charge in [0.05, 0.1) is 18.0 Å². The van der Waals surface area contributed by atoms with E-state index in [1.54, 1.807) is 13.0 Å². The second kappa shape index (κ2) is 8.75. The highest BCUT2D eigenvalue weighted by Crippen LogP contribution is 2.19. The Bertz CT molecular complexity index is 831. The minimum atomic E-state index is -0.575. The Hall–Kier alpha value is -3.22. The van der Waals surface area contributed by atoms with E-state index >= 15 is 0 Å². The standard InChI is InChI=1S/C19H19NO6/c1-13-7-8-15(11-16(13)20(23)24)17(21)12-26-19(22)9-10-25-18-6-4-3-5-14(18)2/h3-8,11H,9-10,12H2,1-2H3. The van der Waals surface area contributed by atoms with Crippen LogP contribution in [-0.2, 0) is 9.53 Å². The third kappa shape index (κ3) is 5.14. The molecular formula is C19H19NO6. The Morgan fingerprint density at radius 2 is 1.81 bits per heavy atom. The lowest BCUT2D eigenvalue weighted by molar-refractivity contribution is -0.385. The van der Waals surface area contributed by atoms with Crippen LogP contribution >= 0.6 is 0 Å². The molecule has 0 N–H and O–H groups in total. The van der Waals surface area contributed by atoms with E-state index in [2.05, 4.69) is 0 Å². The quantitative estimate of drug-likeness (QED) is 0.311. The Balaban J connectivity index is 1.82. The first kappa shape index (κ1) is 19.1. The van der Waals surface area contributed by atoms with Gasteiger partial charge in [-0.05, 0) is 25.5 Å². The summed E-state index contributed by atoms with van der Waals surface area (Å²) in [4.78, 5) is 34.1. The number of benzene rings is 2. The Morgan fingerprint density at radius 3 is 2.50 bits per heavy atom. The molecule has 0 radical (unpaired) electrons. The van der Waals surface area contributed by atoms with E-state index in [0.29, 0.717) is 11.3 Å².